The van der Waals surface area contributed by atoms with E-state index in [0.717, 1.165) is 0 Å². The van der Waals surface area contributed by atoms with Crippen molar-refractivity contribution in [1.82, 2.24) is 9.62 Å². The Morgan fingerprint density at radius 2 is 1.81 bits per heavy atom. The van der Waals surface area contributed by atoms with Gasteiger partial charge in [-0.05, 0) is 36.6 Å². The summed E-state index contributed by atoms with van der Waals surface area (Å²) in [6.45, 7) is 6.43. The minimum absolute atomic E-state index is 0. The van der Waals surface area contributed by atoms with Crippen LogP contribution >= 0.6 is 12.4 Å². The Bertz CT molecular complexity index is 674. The Hall–Kier alpha value is -1.19. The number of benzene rings is 1. The Balaban J connectivity index is 0.00000338. The zero-order valence-electron chi connectivity index (χ0n) is 15.2. The van der Waals surface area contributed by atoms with Gasteiger partial charge < -0.3 is 15.4 Å². The Morgan fingerprint density at radius 3 is 2.31 bits per heavy atom. The van der Waals surface area contributed by atoms with E-state index in [2.05, 4.69) is 4.72 Å². The van der Waals surface area contributed by atoms with Crippen molar-refractivity contribution in [3.05, 3.63) is 29.8 Å². The Kier molecular flexibility index (Phi) is 8.99. The zero-order chi connectivity index (χ0) is 18.4. The number of hydrogen-bond donors (Lipinski definition) is 2. The molecular weight excluding hydrogens is 378 g/mol. The molecule has 2 rings (SSSR count). The van der Waals surface area contributed by atoms with Gasteiger partial charge in [0.05, 0.1) is 18.1 Å². The van der Waals surface area contributed by atoms with Crippen molar-refractivity contribution in [2.75, 3.05) is 32.8 Å². The van der Waals surface area contributed by atoms with E-state index in [4.69, 9.17) is 10.5 Å². The molecule has 9 heteroatoms. The van der Waals surface area contributed by atoms with E-state index < -0.39 is 10.0 Å². The first kappa shape index (κ1) is 22.9. The summed E-state index contributed by atoms with van der Waals surface area (Å²) >= 11 is 0. The number of halogens is 1. The number of rotatable bonds is 7. The summed E-state index contributed by atoms with van der Waals surface area (Å²) in [4.78, 5) is 14.2. The fourth-order valence-corrected chi connectivity index (χ4v) is 4.04. The van der Waals surface area contributed by atoms with E-state index in [9.17, 15) is 13.2 Å². The first-order valence-electron chi connectivity index (χ1n) is 8.53. The fraction of sp³-hybridized carbons (Fsp3) is 0.588. The molecular formula is C17H28ClN3O4S. The second-order valence-corrected chi connectivity index (χ2v) is 8.33. The molecule has 0 aromatic heterocycles. The van der Waals surface area contributed by atoms with Gasteiger partial charge in [0.25, 0.3) is 5.91 Å². The SMILES string of the molecule is CC(C)CC(CN)NS(=O)(=O)c1ccc(C(=O)N2CCOCC2)cc1.Cl. The second kappa shape index (κ2) is 10.2. The maximum atomic E-state index is 12.5. The third-order valence-corrected chi connectivity index (χ3v) is 5.61. The number of carbonyl (C=O) groups excluding carboxylic acids is 1. The van der Waals surface area contributed by atoms with Crippen molar-refractivity contribution < 1.29 is 17.9 Å². The minimum Gasteiger partial charge on any atom is -0.378 e. The average molecular weight is 406 g/mol. The fourth-order valence-electron chi connectivity index (χ4n) is 2.77. The van der Waals surface area contributed by atoms with E-state index in [1.165, 1.54) is 12.1 Å². The molecule has 1 amide bonds. The van der Waals surface area contributed by atoms with Gasteiger partial charge in [-0.15, -0.1) is 12.4 Å². The first-order valence-corrected chi connectivity index (χ1v) is 10.0. The third kappa shape index (κ3) is 6.21. The first-order chi connectivity index (χ1) is 11.8. The molecule has 1 aliphatic rings. The number of amides is 1. The summed E-state index contributed by atoms with van der Waals surface area (Å²) in [7, 11) is -3.66. The van der Waals surface area contributed by atoms with Crippen LogP contribution in [0.1, 0.15) is 30.6 Å². The maximum absolute atomic E-state index is 12.5. The number of ether oxygens (including phenoxy) is 1. The molecule has 3 N–H and O–H groups in total. The summed E-state index contributed by atoms with van der Waals surface area (Å²) in [6, 6.07) is 5.70. The third-order valence-electron chi connectivity index (χ3n) is 4.07. The van der Waals surface area contributed by atoms with Crippen LogP contribution in [0, 0.1) is 5.92 Å². The lowest BCUT2D eigenvalue weighted by molar-refractivity contribution is 0.0303. The average Bonchev–Trinajstić information content (AvgIpc) is 2.60. The minimum atomic E-state index is -3.66. The van der Waals surface area contributed by atoms with Crippen molar-refractivity contribution >= 4 is 28.3 Å². The van der Waals surface area contributed by atoms with Crippen molar-refractivity contribution in [2.45, 2.75) is 31.2 Å². The lowest BCUT2D eigenvalue weighted by atomic mass is 10.1. The van der Waals surface area contributed by atoms with Crippen LogP contribution in [-0.2, 0) is 14.8 Å². The van der Waals surface area contributed by atoms with Crippen LogP contribution in [0.3, 0.4) is 0 Å². The molecule has 7 nitrogen and oxygen atoms in total. The maximum Gasteiger partial charge on any atom is 0.254 e. The predicted octanol–water partition coefficient (Wildman–Crippen LogP) is 1.23. The van der Waals surface area contributed by atoms with Gasteiger partial charge in [0.2, 0.25) is 10.0 Å². The molecule has 1 aliphatic heterocycles. The van der Waals surface area contributed by atoms with Gasteiger partial charge in [-0.1, -0.05) is 13.8 Å². The van der Waals surface area contributed by atoms with Gasteiger partial charge in [0, 0.05) is 31.2 Å². The highest BCUT2D eigenvalue weighted by atomic mass is 35.5. The Labute approximate surface area is 161 Å². The topological polar surface area (TPSA) is 102 Å². The molecule has 148 valence electrons. The highest BCUT2D eigenvalue weighted by molar-refractivity contribution is 7.89. The van der Waals surface area contributed by atoms with Gasteiger partial charge >= 0.3 is 0 Å². The highest BCUT2D eigenvalue weighted by Gasteiger charge is 2.22. The summed E-state index contributed by atoms with van der Waals surface area (Å²) in [6.07, 6.45) is 0.670. The molecule has 0 radical (unpaired) electrons. The lowest BCUT2D eigenvalue weighted by Crippen LogP contribution is -2.41. The molecule has 0 aliphatic carbocycles. The zero-order valence-corrected chi connectivity index (χ0v) is 16.8. The largest absolute Gasteiger partial charge is 0.378 e. The number of nitrogens with one attached hydrogen (secondary N) is 1. The number of nitrogens with two attached hydrogens (primary N) is 1. The van der Waals surface area contributed by atoms with Crippen LogP contribution in [-0.4, -0.2) is 58.1 Å². The standard InChI is InChI=1S/C17H27N3O4S.ClH/c1-13(2)11-15(12-18)19-25(22,23)16-5-3-14(4-6-16)17(21)20-7-9-24-10-8-20;/h3-6,13,15,19H,7-12,18H2,1-2H3;1H. The molecule has 1 saturated heterocycles. The normalized spacial score (nSPS) is 16.2. The Morgan fingerprint density at radius 1 is 1.23 bits per heavy atom. The van der Waals surface area contributed by atoms with E-state index in [1.807, 2.05) is 13.8 Å². The number of hydrogen-bond acceptors (Lipinski definition) is 5. The van der Waals surface area contributed by atoms with Crippen LogP contribution in [0.15, 0.2) is 29.2 Å². The van der Waals surface area contributed by atoms with Gasteiger partial charge in [0.15, 0.2) is 0 Å². The summed E-state index contributed by atoms with van der Waals surface area (Å²) in [5.74, 6) is 0.226. The predicted molar refractivity (Wildman–Crippen MR) is 103 cm³/mol. The molecule has 0 saturated carbocycles. The second-order valence-electron chi connectivity index (χ2n) is 6.61. The van der Waals surface area contributed by atoms with Crippen LogP contribution in [0.4, 0.5) is 0 Å². The van der Waals surface area contributed by atoms with E-state index >= 15 is 0 Å². The van der Waals surface area contributed by atoms with Crippen LogP contribution in [0.5, 0.6) is 0 Å². The lowest BCUT2D eigenvalue weighted by Gasteiger charge is -2.26. The summed E-state index contributed by atoms with van der Waals surface area (Å²) in [5.41, 5.74) is 6.14. The van der Waals surface area contributed by atoms with Crippen LogP contribution in [0.25, 0.3) is 0 Å². The summed E-state index contributed by atoms with van der Waals surface area (Å²) < 4.78 is 32.8. The van der Waals surface area contributed by atoms with Gasteiger partial charge in [-0.2, -0.15) is 0 Å². The van der Waals surface area contributed by atoms with E-state index in [0.29, 0.717) is 44.2 Å². The molecule has 1 fully saturated rings. The summed E-state index contributed by atoms with van der Waals surface area (Å²) in [5, 5.41) is 0. The molecule has 1 aromatic rings. The van der Waals surface area contributed by atoms with Crippen LogP contribution in [0.2, 0.25) is 0 Å². The number of morpholine rings is 1. The van der Waals surface area contributed by atoms with Crippen molar-refractivity contribution in [3.8, 4) is 0 Å². The molecule has 0 bridgehead atoms. The smallest absolute Gasteiger partial charge is 0.254 e. The van der Waals surface area contributed by atoms with Crippen molar-refractivity contribution in [1.29, 1.82) is 0 Å². The van der Waals surface area contributed by atoms with Gasteiger partial charge in [-0.25, -0.2) is 13.1 Å². The van der Waals surface area contributed by atoms with Crippen LogP contribution < -0.4 is 10.5 Å². The highest BCUT2D eigenvalue weighted by Crippen LogP contribution is 2.15. The number of carbonyl (C=O) groups is 1. The molecule has 1 unspecified atom stereocenters. The molecule has 1 aromatic carbocycles. The van der Waals surface area contributed by atoms with Crippen molar-refractivity contribution in [2.24, 2.45) is 11.7 Å². The van der Waals surface area contributed by atoms with Gasteiger partial charge in [-0.3, -0.25) is 4.79 Å². The molecule has 0 spiro atoms. The monoisotopic (exact) mass is 405 g/mol. The molecule has 26 heavy (non-hydrogen) atoms. The number of sulfonamides is 1. The molecule has 1 atom stereocenters. The molecule has 1 heterocycles. The van der Waals surface area contributed by atoms with Crippen molar-refractivity contribution in [3.63, 3.8) is 0 Å². The van der Waals surface area contributed by atoms with E-state index in [-0.39, 0.29) is 35.8 Å². The quantitative estimate of drug-likeness (QED) is 0.710. The number of nitrogens with zero attached hydrogens (tertiary/aromatic N) is 1. The van der Waals surface area contributed by atoms with E-state index in [1.54, 1.807) is 17.0 Å². The van der Waals surface area contributed by atoms with Gasteiger partial charge in [0.1, 0.15) is 0 Å².